The number of nitrogens with zero attached hydrogens (tertiary/aromatic N) is 1. The minimum atomic E-state index is -0.407. The van der Waals surface area contributed by atoms with E-state index in [4.69, 9.17) is 27.9 Å². The number of benzene rings is 2. The maximum absolute atomic E-state index is 12.7. The number of hydrogen-bond donors (Lipinski definition) is 0. The van der Waals surface area contributed by atoms with Crippen molar-refractivity contribution in [1.82, 2.24) is 0 Å². The zero-order chi connectivity index (χ0) is 18.0. The molecule has 0 unspecified atom stereocenters. The molecule has 25 heavy (non-hydrogen) atoms. The first-order valence-electron chi connectivity index (χ1n) is 7.46. The highest BCUT2D eigenvalue weighted by molar-refractivity contribution is 8.19. The summed E-state index contributed by atoms with van der Waals surface area (Å²) in [6.45, 7) is 2.43. The van der Waals surface area contributed by atoms with Gasteiger partial charge in [0.25, 0.3) is 11.1 Å². The van der Waals surface area contributed by atoms with Crippen LogP contribution in [-0.4, -0.2) is 17.8 Å². The molecule has 2 aromatic carbocycles. The van der Waals surface area contributed by atoms with Gasteiger partial charge in [-0.3, -0.25) is 9.59 Å². The molecule has 1 aliphatic rings. The molecule has 1 heterocycles. The summed E-state index contributed by atoms with van der Waals surface area (Å²) in [4.78, 5) is 26.3. The highest BCUT2D eigenvalue weighted by atomic mass is 35.5. The third kappa shape index (κ3) is 3.68. The summed E-state index contributed by atoms with van der Waals surface area (Å²) in [6.07, 6.45) is 1.55. The number of anilines is 1. The molecule has 0 aromatic heterocycles. The lowest BCUT2D eigenvalue weighted by Crippen LogP contribution is -2.27. The van der Waals surface area contributed by atoms with E-state index in [0.717, 1.165) is 16.7 Å². The predicted molar refractivity (Wildman–Crippen MR) is 103 cm³/mol. The number of thioether (sulfide) groups is 1. The van der Waals surface area contributed by atoms with Crippen LogP contribution in [0.5, 0.6) is 5.75 Å². The molecule has 0 bridgehead atoms. The number of amides is 2. The second-order valence-electron chi connectivity index (χ2n) is 5.08. The highest BCUT2D eigenvalue weighted by Gasteiger charge is 2.36. The van der Waals surface area contributed by atoms with Gasteiger partial charge in [-0.25, -0.2) is 4.90 Å². The number of hydrogen-bond acceptors (Lipinski definition) is 4. The van der Waals surface area contributed by atoms with Crippen LogP contribution in [0.2, 0.25) is 10.0 Å². The van der Waals surface area contributed by atoms with Crippen LogP contribution < -0.4 is 9.64 Å². The van der Waals surface area contributed by atoms with Gasteiger partial charge in [0.05, 0.1) is 17.2 Å². The smallest absolute Gasteiger partial charge is 0.298 e. The molecule has 2 aromatic rings. The molecule has 1 fully saturated rings. The quantitative estimate of drug-likeness (QED) is 0.631. The van der Waals surface area contributed by atoms with E-state index in [2.05, 4.69) is 0 Å². The summed E-state index contributed by atoms with van der Waals surface area (Å²) in [6, 6.07) is 11.9. The Labute approximate surface area is 159 Å². The fourth-order valence-electron chi connectivity index (χ4n) is 2.33. The summed E-state index contributed by atoms with van der Waals surface area (Å²) in [5.41, 5.74) is 1.00. The van der Waals surface area contributed by atoms with E-state index in [1.54, 1.807) is 48.5 Å². The maximum atomic E-state index is 12.7. The lowest BCUT2D eigenvalue weighted by Gasteiger charge is -2.13. The number of halogens is 2. The summed E-state index contributed by atoms with van der Waals surface area (Å²) >= 11 is 13.1. The molecule has 0 atom stereocenters. The monoisotopic (exact) mass is 393 g/mol. The Bertz CT molecular complexity index is 845. The average molecular weight is 394 g/mol. The molecule has 0 spiro atoms. The molecule has 1 aliphatic heterocycles. The first-order valence-corrected chi connectivity index (χ1v) is 9.03. The summed E-state index contributed by atoms with van der Waals surface area (Å²) in [7, 11) is 0. The molecule has 2 amide bonds. The Kier molecular flexibility index (Phi) is 5.37. The van der Waals surface area contributed by atoms with Crippen molar-refractivity contribution in [2.75, 3.05) is 11.5 Å². The minimum Gasteiger partial charge on any atom is -0.494 e. The molecular weight excluding hydrogens is 381 g/mol. The van der Waals surface area contributed by atoms with Gasteiger partial charge < -0.3 is 4.74 Å². The summed E-state index contributed by atoms with van der Waals surface area (Å²) in [5.74, 6) is 0.270. The zero-order valence-electron chi connectivity index (χ0n) is 13.2. The predicted octanol–water partition coefficient (Wildman–Crippen LogP) is 5.63. The molecular formula is C18H13Cl2NO3S. The lowest BCUT2D eigenvalue weighted by molar-refractivity contribution is -0.113. The molecule has 128 valence electrons. The molecule has 1 saturated heterocycles. The molecule has 7 heteroatoms. The normalized spacial score (nSPS) is 16.0. The van der Waals surface area contributed by atoms with Crippen LogP contribution in [0.1, 0.15) is 12.5 Å². The first kappa shape index (κ1) is 17.9. The Morgan fingerprint density at radius 2 is 1.72 bits per heavy atom. The van der Waals surface area contributed by atoms with Gasteiger partial charge >= 0.3 is 0 Å². The van der Waals surface area contributed by atoms with E-state index in [1.165, 1.54) is 0 Å². The van der Waals surface area contributed by atoms with Crippen molar-refractivity contribution in [3.05, 3.63) is 63.0 Å². The molecule has 0 aliphatic carbocycles. The average Bonchev–Trinajstić information content (AvgIpc) is 2.86. The van der Waals surface area contributed by atoms with Crippen LogP contribution in [-0.2, 0) is 4.79 Å². The topological polar surface area (TPSA) is 46.6 Å². The van der Waals surface area contributed by atoms with Crippen molar-refractivity contribution >= 4 is 57.9 Å². The fourth-order valence-corrected chi connectivity index (χ4v) is 3.66. The van der Waals surface area contributed by atoms with Crippen molar-refractivity contribution in [2.24, 2.45) is 0 Å². The SMILES string of the molecule is CCOc1ccc(N2C(=O)S/C(=C\c3c(Cl)cccc3Cl)C2=O)cc1. The van der Waals surface area contributed by atoms with Gasteiger partial charge in [0.1, 0.15) is 5.75 Å². The van der Waals surface area contributed by atoms with Crippen LogP contribution in [0.15, 0.2) is 47.4 Å². The first-order chi connectivity index (χ1) is 12.0. The van der Waals surface area contributed by atoms with Gasteiger partial charge in [-0.1, -0.05) is 29.3 Å². The maximum Gasteiger partial charge on any atom is 0.298 e. The van der Waals surface area contributed by atoms with Crippen LogP contribution in [0.3, 0.4) is 0 Å². The molecule has 0 saturated carbocycles. The van der Waals surface area contributed by atoms with Gasteiger partial charge in [0, 0.05) is 15.6 Å². The highest BCUT2D eigenvalue weighted by Crippen LogP contribution is 2.38. The van der Waals surface area contributed by atoms with Crippen molar-refractivity contribution in [3.8, 4) is 5.75 Å². The van der Waals surface area contributed by atoms with Gasteiger partial charge in [-0.2, -0.15) is 0 Å². The second-order valence-corrected chi connectivity index (χ2v) is 6.89. The van der Waals surface area contributed by atoms with Crippen LogP contribution in [0.25, 0.3) is 6.08 Å². The number of carbonyl (C=O) groups excluding carboxylic acids is 2. The standard InChI is InChI=1S/C18H13Cl2NO3S/c1-2-24-12-8-6-11(7-9-12)21-17(22)16(25-18(21)23)10-13-14(19)4-3-5-15(13)20/h3-10H,2H2,1H3/b16-10-. The van der Waals surface area contributed by atoms with Crippen molar-refractivity contribution in [3.63, 3.8) is 0 Å². The number of rotatable bonds is 4. The van der Waals surface area contributed by atoms with Gasteiger partial charge in [-0.05, 0) is 61.2 Å². The minimum absolute atomic E-state index is 0.272. The Morgan fingerprint density at radius 1 is 1.08 bits per heavy atom. The zero-order valence-corrected chi connectivity index (χ0v) is 15.5. The Morgan fingerprint density at radius 3 is 2.32 bits per heavy atom. The fraction of sp³-hybridized carbons (Fsp3) is 0.111. The van der Waals surface area contributed by atoms with E-state index in [9.17, 15) is 9.59 Å². The molecule has 3 rings (SSSR count). The Hall–Kier alpha value is -1.95. The number of carbonyl (C=O) groups is 2. The lowest BCUT2D eigenvalue weighted by atomic mass is 10.2. The Balaban J connectivity index is 1.91. The van der Waals surface area contributed by atoms with Gasteiger partial charge in [-0.15, -0.1) is 0 Å². The summed E-state index contributed by atoms with van der Waals surface area (Å²) < 4.78 is 5.37. The van der Waals surface area contributed by atoms with Crippen LogP contribution in [0, 0.1) is 0 Å². The third-order valence-electron chi connectivity index (χ3n) is 3.47. The van der Waals surface area contributed by atoms with E-state index in [1.807, 2.05) is 6.92 Å². The van der Waals surface area contributed by atoms with Crippen LogP contribution >= 0.6 is 35.0 Å². The number of ether oxygens (including phenoxy) is 1. The van der Waals surface area contributed by atoms with E-state index in [0.29, 0.717) is 33.7 Å². The third-order valence-corrected chi connectivity index (χ3v) is 5.00. The van der Waals surface area contributed by atoms with Crippen molar-refractivity contribution in [1.29, 1.82) is 0 Å². The molecule has 4 nitrogen and oxygen atoms in total. The van der Waals surface area contributed by atoms with Crippen molar-refractivity contribution in [2.45, 2.75) is 6.92 Å². The largest absolute Gasteiger partial charge is 0.494 e. The van der Waals surface area contributed by atoms with Gasteiger partial charge in [0.15, 0.2) is 0 Å². The van der Waals surface area contributed by atoms with E-state index in [-0.39, 0.29) is 10.1 Å². The summed E-state index contributed by atoms with van der Waals surface area (Å²) in [5, 5.41) is 0.462. The van der Waals surface area contributed by atoms with Crippen molar-refractivity contribution < 1.29 is 14.3 Å². The van der Waals surface area contributed by atoms with Gasteiger partial charge in [0.2, 0.25) is 0 Å². The van der Waals surface area contributed by atoms with E-state index < -0.39 is 5.91 Å². The molecule has 0 N–H and O–H groups in total. The molecule has 0 radical (unpaired) electrons. The number of imide groups is 1. The van der Waals surface area contributed by atoms with Crippen LogP contribution in [0.4, 0.5) is 10.5 Å². The second kappa shape index (κ2) is 7.52. The van der Waals surface area contributed by atoms with E-state index >= 15 is 0 Å².